The normalized spacial score (nSPS) is 17.9. The van der Waals surface area contributed by atoms with Crippen LogP contribution in [0.2, 0.25) is 0 Å². The molecule has 0 fully saturated rings. The summed E-state index contributed by atoms with van der Waals surface area (Å²) in [6, 6.07) is 0. The van der Waals surface area contributed by atoms with Gasteiger partial charge in [-0.2, -0.15) is 0 Å². The Hall–Kier alpha value is -1.71. The highest BCUT2D eigenvalue weighted by Crippen LogP contribution is 2.31. The van der Waals surface area contributed by atoms with Gasteiger partial charge in [0.2, 0.25) is 0 Å². The number of aromatic nitrogens is 2. The standard InChI is InChI=1S/C13H19N3O/c1-3-9-17-13-11(14)12-10(2)7-5-4-6-8-16(12)15-13/h6-8H,3-5,9,14H2,1-2H3/b8-6?,10-7-. The fourth-order valence-electron chi connectivity index (χ4n) is 1.90. The second kappa shape index (κ2) is 5.08. The highest BCUT2D eigenvalue weighted by Gasteiger charge is 2.17. The van der Waals surface area contributed by atoms with Crippen molar-refractivity contribution >= 4 is 17.5 Å². The lowest BCUT2D eigenvalue weighted by Gasteiger charge is -2.06. The topological polar surface area (TPSA) is 53.1 Å². The number of anilines is 1. The van der Waals surface area contributed by atoms with E-state index < -0.39 is 0 Å². The van der Waals surface area contributed by atoms with Gasteiger partial charge < -0.3 is 10.5 Å². The molecule has 2 rings (SSSR count). The maximum atomic E-state index is 6.09. The van der Waals surface area contributed by atoms with Crippen molar-refractivity contribution in [3.05, 3.63) is 17.8 Å². The van der Waals surface area contributed by atoms with Gasteiger partial charge in [-0.1, -0.05) is 19.1 Å². The second-order valence-corrected chi connectivity index (χ2v) is 4.21. The predicted molar refractivity (Wildman–Crippen MR) is 70.6 cm³/mol. The van der Waals surface area contributed by atoms with Gasteiger partial charge in [0.15, 0.2) is 0 Å². The van der Waals surface area contributed by atoms with Crippen LogP contribution in [0.15, 0.2) is 12.2 Å². The summed E-state index contributed by atoms with van der Waals surface area (Å²) in [7, 11) is 0. The summed E-state index contributed by atoms with van der Waals surface area (Å²) >= 11 is 0. The first-order chi connectivity index (χ1) is 8.24. The van der Waals surface area contributed by atoms with Crippen LogP contribution in [0.1, 0.15) is 38.8 Å². The zero-order valence-electron chi connectivity index (χ0n) is 10.4. The van der Waals surface area contributed by atoms with Crippen LogP contribution in [0.25, 0.3) is 11.8 Å². The highest BCUT2D eigenvalue weighted by atomic mass is 16.5. The third-order valence-corrected chi connectivity index (χ3v) is 2.76. The summed E-state index contributed by atoms with van der Waals surface area (Å²) in [5.41, 5.74) is 8.84. The number of hydrogen-bond acceptors (Lipinski definition) is 3. The van der Waals surface area contributed by atoms with E-state index in [1.54, 1.807) is 0 Å². The second-order valence-electron chi connectivity index (χ2n) is 4.21. The molecule has 0 atom stereocenters. The van der Waals surface area contributed by atoms with Crippen LogP contribution in [0, 0.1) is 0 Å². The SMILES string of the molecule is CCCOc1nn2c(c1N)/C(C)=C\CCC=C2. The number of fused-ring (bicyclic) bond motifs is 1. The molecule has 0 aliphatic carbocycles. The number of ether oxygens (including phenoxy) is 1. The lowest BCUT2D eigenvalue weighted by molar-refractivity contribution is 0.305. The number of nitrogens with zero attached hydrogens (tertiary/aromatic N) is 2. The lowest BCUT2D eigenvalue weighted by Crippen LogP contribution is -1.99. The fourth-order valence-corrected chi connectivity index (χ4v) is 1.90. The van der Waals surface area contributed by atoms with E-state index in [4.69, 9.17) is 10.5 Å². The molecule has 92 valence electrons. The van der Waals surface area contributed by atoms with Crippen LogP contribution >= 0.6 is 0 Å². The molecule has 0 saturated carbocycles. The van der Waals surface area contributed by atoms with E-state index in [0.29, 0.717) is 18.2 Å². The van der Waals surface area contributed by atoms with Crippen molar-refractivity contribution in [1.82, 2.24) is 9.78 Å². The Bertz CT molecular complexity index is 457. The van der Waals surface area contributed by atoms with Crippen LogP contribution in [0.4, 0.5) is 5.69 Å². The summed E-state index contributed by atoms with van der Waals surface area (Å²) in [5.74, 6) is 0.543. The first kappa shape index (κ1) is 11.8. The third-order valence-electron chi connectivity index (χ3n) is 2.76. The van der Waals surface area contributed by atoms with Gasteiger partial charge in [0.25, 0.3) is 5.88 Å². The molecule has 0 aromatic carbocycles. The minimum Gasteiger partial charge on any atom is -0.475 e. The third kappa shape index (κ3) is 2.35. The predicted octanol–water partition coefficient (Wildman–Crippen LogP) is 2.92. The summed E-state index contributed by atoms with van der Waals surface area (Å²) < 4.78 is 7.36. The van der Waals surface area contributed by atoms with Gasteiger partial charge in [0.1, 0.15) is 5.69 Å². The fraction of sp³-hybridized carbons (Fsp3) is 0.462. The summed E-state index contributed by atoms with van der Waals surface area (Å²) in [6.07, 6.45) is 9.27. The van der Waals surface area contributed by atoms with E-state index in [9.17, 15) is 0 Å². The number of allylic oxidation sites excluding steroid dienone is 3. The van der Waals surface area contributed by atoms with E-state index >= 15 is 0 Å². The number of nitrogens with two attached hydrogens (primary N) is 1. The molecule has 4 heteroatoms. The van der Waals surface area contributed by atoms with Crippen LogP contribution in [-0.2, 0) is 0 Å². The minimum atomic E-state index is 0.543. The number of nitrogen functional groups attached to an aromatic ring is 1. The number of hydrogen-bond donors (Lipinski definition) is 1. The van der Waals surface area contributed by atoms with Crippen molar-refractivity contribution in [2.24, 2.45) is 0 Å². The van der Waals surface area contributed by atoms with E-state index in [1.807, 2.05) is 10.9 Å². The van der Waals surface area contributed by atoms with E-state index in [0.717, 1.165) is 30.5 Å². The van der Waals surface area contributed by atoms with Gasteiger partial charge in [0, 0.05) is 6.20 Å². The monoisotopic (exact) mass is 233 g/mol. The Balaban J connectivity index is 2.41. The molecular formula is C13H19N3O. The van der Waals surface area contributed by atoms with Crippen molar-refractivity contribution in [3.8, 4) is 5.88 Å². The lowest BCUT2D eigenvalue weighted by atomic mass is 10.1. The maximum absolute atomic E-state index is 6.09. The first-order valence-electron chi connectivity index (χ1n) is 6.08. The van der Waals surface area contributed by atoms with Crippen LogP contribution in [0.3, 0.4) is 0 Å². The molecular weight excluding hydrogens is 214 g/mol. The minimum absolute atomic E-state index is 0.543. The van der Waals surface area contributed by atoms with E-state index in [1.165, 1.54) is 0 Å². The quantitative estimate of drug-likeness (QED) is 0.873. The van der Waals surface area contributed by atoms with Crippen LogP contribution in [0.5, 0.6) is 5.88 Å². The molecule has 2 heterocycles. The van der Waals surface area contributed by atoms with Gasteiger partial charge in [0.05, 0.1) is 12.3 Å². The van der Waals surface area contributed by atoms with Gasteiger partial charge in [-0.15, -0.1) is 5.10 Å². The average molecular weight is 233 g/mol. The average Bonchev–Trinajstić information content (AvgIpc) is 2.59. The largest absolute Gasteiger partial charge is 0.475 e. The summed E-state index contributed by atoms with van der Waals surface area (Å²) in [5, 5.41) is 4.38. The van der Waals surface area contributed by atoms with Crippen LogP contribution in [-0.4, -0.2) is 16.4 Å². The first-order valence-corrected chi connectivity index (χ1v) is 6.08. The molecule has 17 heavy (non-hydrogen) atoms. The Morgan fingerprint density at radius 1 is 1.47 bits per heavy atom. The Kier molecular flexibility index (Phi) is 3.52. The van der Waals surface area contributed by atoms with Crippen LogP contribution < -0.4 is 10.5 Å². The summed E-state index contributed by atoms with van der Waals surface area (Å²) in [6.45, 7) is 4.77. The number of rotatable bonds is 3. The Labute approximate surface area is 102 Å². The van der Waals surface area contributed by atoms with E-state index in [-0.39, 0.29) is 0 Å². The van der Waals surface area contributed by atoms with Gasteiger partial charge in [-0.3, -0.25) is 0 Å². The molecule has 1 aromatic heterocycles. The van der Waals surface area contributed by atoms with Crippen molar-refractivity contribution in [1.29, 1.82) is 0 Å². The molecule has 2 N–H and O–H groups in total. The van der Waals surface area contributed by atoms with Crippen molar-refractivity contribution < 1.29 is 4.74 Å². The molecule has 1 aliphatic heterocycles. The maximum Gasteiger partial charge on any atom is 0.257 e. The zero-order chi connectivity index (χ0) is 12.3. The molecule has 0 unspecified atom stereocenters. The van der Waals surface area contributed by atoms with Gasteiger partial charge >= 0.3 is 0 Å². The molecule has 0 radical (unpaired) electrons. The highest BCUT2D eigenvalue weighted by molar-refractivity contribution is 5.76. The Morgan fingerprint density at radius 3 is 3.06 bits per heavy atom. The smallest absolute Gasteiger partial charge is 0.257 e. The molecule has 0 spiro atoms. The Morgan fingerprint density at radius 2 is 2.29 bits per heavy atom. The van der Waals surface area contributed by atoms with E-state index in [2.05, 4.69) is 31.1 Å². The van der Waals surface area contributed by atoms with Gasteiger partial charge in [-0.05, 0) is 31.8 Å². The molecule has 4 nitrogen and oxygen atoms in total. The van der Waals surface area contributed by atoms with Crippen molar-refractivity contribution in [2.75, 3.05) is 12.3 Å². The molecule has 0 bridgehead atoms. The molecule has 1 aromatic rings. The zero-order valence-corrected chi connectivity index (χ0v) is 10.4. The molecule has 0 amide bonds. The molecule has 0 saturated heterocycles. The van der Waals surface area contributed by atoms with Gasteiger partial charge in [-0.25, -0.2) is 4.68 Å². The summed E-state index contributed by atoms with van der Waals surface area (Å²) in [4.78, 5) is 0. The van der Waals surface area contributed by atoms with Crippen molar-refractivity contribution in [2.45, 2.75) is 33.1 Å². The van der Waals surface area contributed by atoms with Crippen molar-refractivity contribution in [3.63, 3.8) is 0 Å². The molecule has 1 aliphatic rings.